The molecule has 0 saturated carbocycles. The maximum absolute atomic E-state index is 14.5. The number of carbonyl (C=O) groups is 1. The van der Waals surface area contributed by atoms with Crippen molar-refractivity contribution in [2.24, 2.45) is 0 Å². The highest BCUT2D eigenvalue weighted by Crippen LogP contribution is 2.25. The van der Waals surface area contributed by atoms with Crippen LogP contribution in [0.15, 0.2) is 79.1 Å². The number of likely N-dealkylation sites (N-methyl/N-ethyl adjacent to an activating group) is 1. The fourth-order valence-electron chi connectivity index (χ4n) is 3.57. The number of pyridine rings is 1. The molecule has 1 amide bonds. The Morgan fingerprint density at radius 2 is 1.91 bits per heavy atom. The van der Waals surface area contributed by atoms with Crippen molar-refractivity contribution in [2.45, 2.75) is 20.4 Å². The lowest BCUT2D eigenvalue weighted by atomic mass is 10.1. The first-order valence-corrected chi connectivity index (χ1v) is 10.8. The number of amides is 1. The summed E-state index contributed by atoms with van der Waals surface area (Å²) < 4.78 is 21.8. The Morgan fingerprint density at radius 1 is 1.12 bits per heavy atom. The van der Waals surface area contributed by atoms with Gasteiger partial charge in [-0.3, -0.25) is 9.78 Å². The summed E-state index contributed by atoms with van der Waals surface area (Å²) in [6, 6.07) is 17.8. The normalized spacial score (nSPS) is 11.1. The zero-order chi connectivity index (χ0) is 24.1. The van der Waals surface area contributed by atoms with E-state index in [4.69, 9.17) is 4.74 Å². The van der Waals surface area contributed by atoms with Crippen molar-refractivity contribution in [3.05, 3.63) is 107 Å². The lowest BCUT2D eigenvalue weighted by Gasteiger charge is -2.15. The molecule has 0 N–H and O–H groups in total. The van der Waals surface area contributed by atoms with Crippen molar-refractivity contribution >= 4 is 12.0 Å². The number of halogens is 1. The van der Waals surface area contributed by atoms with Crippen LogP contribution in [0.5, 0.6) is 11.5 Å². The number of rotatable bonds is 7. The van der Waals surface area contributed by atoms with Crippen molar-refractivity contribution in [3.63, 3.8) is 0 Å². The van der Waals surface area contributed by atoms with Crippen LogP contribution in [0.3, 0.4) is 0 Å². The van der Waals surface area contributed by atoms with E-state index in [9.17, 15) is 9.18 Å². The molecule has 0 fully saturated rings. The third-order valence-corrected chi connectivity index (χ3v) is 5.45. The number of para-hydroxylation sites is 1. The minimum Gasteiger partial charge on any atom is -0.453 e. The number of hydrogen-bond donors (Lipinski definition) is 0. The van der Waals surface area contributed by atoms with Crippen LogP contribution in [0, 0.1) is 19.7 Å². The lowest BCUT2D eigenvalue weighted by Crippen LogP contribution is -2.24. The number of ether oxygens (including phenoxy) is 1. The number of aryl methyl sites for hydroxylation is 1. The Hall–Kier alpha value is -4.26. The molecule has 172 valence electrons. The van der Waals surface area contributed by atoms with Gasteiger partial charge in [0.05, 0.1) is 17.6 Å². The van der Waals surface area contributed by atoms with Gasteiger partial charge in [0.1, 0.15) is 5.75 Å². The summed E-state index contributed by atoms with van der Waals surface area (Å²) in [6.45, 7) is 4.35. The highest BCUT2D eigenvalue weighted by molar-refractivity contribution is 5.91. The van der Waals surface area contributed by atoms with Gasteiger partial charge < -0.3 is 9.64 Å². The Morgan fingerprint density at radius 3 is 2.62 bits per heavy atom. The lowest BCUT2D eigenvalue weighted by molar-refractivity contribution is -0.125. The first-order chi connectivity index (χ1) is 16.4. The molecule has 2 aromatic heterocycles. The van der Waals surface area contributed by atoms with Crippen LogP contribution < -0.4 is 4.74 Å². The molecule has 0 saturated heterocycles. The second-order valence-corrected chi connectivity index (χ2v) is 7.91. The van der Waals surface area contributed by atoms with Gasteiger partial charge in [-0.05, 0) is 61.9 Å². The molecule has 6 nitrogen and oxygen atoms in total. The summed E-state index contributed by atoms with van der Waals surface area (Å²) in [5.74, 6) is -0.175. The SMILES string of the molecule is Cc1nn(-c2ccccc2)c(C)c1CN(C)C(=O)/C=C/c1ccc(Oc2cccnc2)c(F)c1. The van der Waals surface area contributed by atoms with E-state index in [-0.39, 0.29) is 11.7 Å². The van der Waals surface area contributed by atoms with E-state index in [0.29, 0.717) is 17.9 Å². The van der Waals surface area contributed by atoms with E-state index in [1.54, 1.807) is 42.4 Å². The van der Waals surface area contributed by atoms with Crippen molar-refractivity contribution in [1.29, 1.82) is 0 Å². The van der Waals surface area contributed by atoms with Gasteiger partial charge in [0.25, 0.3) is 0 Å². The van der Waals surface area contributed by atoms with E-state index < -0.39 is 5.82 Å². The Bertz CT molecular complexity index is 1320. The van der Waals surface area contributed by atoms with Crippen LogP contribution in [0.25, 0.3) is 11.8 Å². The molecular formula is C27H25FN4O2. The Labute approximate surface area is 197 Å². The molecule has 2 heterocycles. The smallest absolute Gasteiger partial charge is 0.246 e. The van der Waals surface area contributed by atoms with Crippen LogP contribution in [-0.2, 0) is 11.3 Å². The first-order valence-electron chi connectivity index (χ1n) is 10.8. The standard InChI is InChI=1S/C27H25FN4O2/c1-19-24(20(2)32(30-19)22-8-5-4-6-9-22)18-31(3)27(33)14-12-21-11-13-26(25(28)16-21)34-23-10-7-15-29-17-23/h4-17H,18H2,1-3H3/b14-12+. The maximum atomic E-state index is 14.5. The minimum atomic E-state index is -0.522. The molecule has 2 aromatic carbocycles. The first kappa shape index (κ1) is 22.9. The van der Waals surface area contributed by atoms with Crippen LogP contribution in [0.1, 0.15) is 22.5 Å². The van der Waals surface area contributed by atoms with Gasteiger partial charge in [0, 0.05) is 37.1 Å². The summed E-state index contributed by atoms with van der Waals surface area (Å²) in [5.41, 5.74) is 4.38. The number of aromatic nitrogens is 3. The summed E-state index contributed by atoms with van der Waals surface area (Å²) >= 11 is 0. The molecular weight excluding hydrogens is 431 g/mol. The molecule has 0 unspecified atom stereocenters. The summed E-state index contributed by atoms with van der Waals surface area (Å²) in [5, 5.41) is 4.64. The number of benzene rings is 2. The van der Waals surface area contributed by atoms with Gasteiger partial charge in [0.2, 0.25) is 5.91 Å². The average molecular weight is 457 g/mol. The van der Waals surface area contributed by atoms with E-state index in [0.717, 1.165) is 22.6 Å². The van der Waals surface area contributed by atoms with Crippen LogP contribution in [-0.4, -0.2) is 32.6 Å². The molecule has 0 radical (unpaired) electrons. The number of nitrogens with zero attached hydrogens (tertiary/aromatic N) is 4. The fraction of sp³-hybridized carbons (Fsp3) is 0.148. The van der Waals surface area contributed by atoms with E-state index in [2.05, 4.69) is 10.1 Å². The molecule has 0 aliphatic rings. The molecule has 0 atom stereocenters. The molecule has 4 rings (SSSR count). The molecule has 34 heavy (non-hydrogen) atoms. The third kappa shape index (κ3) is 5.20. The second kappa shape index (κ2) is 10.1. The van der Waals surface area contributed by atoms with E-state index >= 15 is 0 Å². The molecule has 0 spiro atoms. The topological polar surface area (TPSA) is 60.2 Å². The quantitative estimate of drug-likeness (QED) is 0.345. The van der Waals surface area contributed by atoms with Gasteiger partial charge in [-0.25, -0.2) is 9.07 Å². The Kier molecular flexibility index (Phi) is 6.82. The van der Waals surface area contributed by atoms with Gasteiger partial charge in [-0.2, -0.15) is 5.10 Å². The fourth-order valence-corrected chi connectivity index (χ4v) is 3.57. The molecule has 0 bridgehead atoms. The highest BCUT2D eigenvalue weighted by Gasteiger charge is 2.16. The van der Waals surface area contributed by atoms with Crippen molar-refractivity contribution in [1.82, 2.24) is 19.7 Å². The monoisotopic (exact) mass is 456 g/mol. The van der Waals surface area contributed by atoms with Gasteiger partial charge >= 0.3 is 0 Å². The second-order valence-electron chi connectivity index (χ2n) is 7.91. The van der Waals surface area contributed by atoms with Gasteiger partial charge in [-0.15, -0.1) is 0 Å². The number of hydrogen-bond acceptors (Lipinski definition) is 4. The zero-order valence-corrected chi connectivity index (χ0v) is 19.3. The van der Waals surface area contributed by atoms with E-state index in [1.165, 1.54) is 24.4 Å². The Balaban J connectivity index is 1.42. The molecule has 0 aliphatic heterocycles. The summed E-state index contributed by atoms with van der Waals surface area (Å²) in [6.07, 6.45) is 6.14. The minimum absolute atomic E-state index is 0.0926. The number of carbonyl (C=O) groups excluding carboxylic acids is 1. The predicted molar refractivity (Wildman–Crippen MR) is 129 cm³/mol. The van der Waals surface area contributed by atoms with Crippen molar-refractivity contribution in [2.75, 3.05) is 7.05 Å². The van der Waals surface area contributed by atoms with Crippen LogP contribution >= 0.6 is 0 Å². The van der Waals surface area contributed by atoms with E-state index in [1.807, 2.05) is 48.9 Å². The van der Waals surface area contributed by atoms with Crippen LogP contribution in [0.2, 0.25) is 0 Å². The third-order valence-electron chi connectivity index (χ3n) is 5.45. The predicted octanol–water partition coefficient (Wildman–Crippen LogP) is 5.49. The van der Waals surface area contributed by atoms with Crippen LogP contribution in [0.4, 0.5) is 4.39 Å². The molecule has 4 aromatic rings. The largest absolute Gasteiger partial charge is 0.453 e. The highest BCUT2D eigenvalue weighted by atomic mass is 19.1. The zero-order valence-electron chi connectivity index (χ0n) is 19.3. The summed E-state index contributed by atoms with van der Waals surface area (Å²) in [4.78, 5) is 18.3. The average Bonchev–Trinajstić information content (AvgIpc) is 3.13. The molecule has 0 aliphatic carbocycles. The maximum Gasteiger partial charge on any atom is 0.246 e. The van der Waals surface area contributed by atoms with Gasteiger partial charge in [0.15, 0.2) is 11.6 Å². The van der Waals surface area contributed by atoms with Crippen molar-refractivity contribution in [3.8, 4) is 17.2 Å². The van der Waals surface area contributed by atoms with Gasteiger partial charge in [-0.1, -0.05) is 24.3 Å². The summed E-state index contributed by atoms with van der Waals surface area (Å²) in [7, 11) is 1.73. The molecule has 7 heteroatoms. The van der Waals surface area contributed by atoms with Crippen molar-refractivity contribution < 1.29 is 13.9 Å².